The fourth-order valence-corrected chi connectivity index (χ4v) is 2.29. The van der Waals surface area contributed by atoms with Crippen LogP contribution in [0.15, 0.2) is 24.3 Å². The van der Waals surface area contributed by atoms with Crippen molar-refractivity contribution in [2.75, 3.05) is 47.8 Å². The normalized spacial score (nSPS) is 13.2. The Morgan fingerprint density at radius 1 is 1.05 bits per heavy atom. The second-order valence-corrected chi connectivity index (χ2v) is 5.64. The lowest BCUT2D eigenvalue weighted by Gasteiger charge is -2.22. The van der Waals surface area contributed by atoms with Gasteiger partial charge in [0, 0.05) is 6.04 Å². The van der Waals surface area contributed by atoms with Crippen LogP contribution in [0.2, 0.25) is 0 Å². The molecule has 20 heavy (non-hydrogen) atoms. The fraction of sp³-hybridized carbons (Fsp3) is 0.625. The van der Waals surface area contributed by atoms with Gasteiger partial charge in [0.1, 0.15) is 5.82 Å². The predicted molar refractivity (Wildman–Crippen MR) is 83.5 cm³/mol. The average molecular weight is 281 g/mol. The number of rotatable bonds is 9. The molecule has 0 bridgehead atoms. The van der Waals surface area contributed by atoms with Gasteiger partial charge < -0.3 is 15.1 Å². The fourth-order valence-electron chi connectivity index (χ4n) is 2.29. The second-order valence-electron chi connectivity index (χ2n) is 5.64. The maximum absolute atomic E-state index is 12.9. The lowest BCUT2D eigenvalue weighted by atomic mass is 10.0. The van der Waals surface area contributed by atoms with E-state index in [9.17, 15) is 4.39 Å². The summed E-state index contributed by atoms with van der Waals surface area (Å²) in [5.74, 6) is -0.176. The smallest absolute Gasteiger partial charge is 0.123 e. The third-order valence-electron chi connectivity index (χ3n) is 3.57. The summed E-state index contributed by atoms with van der Waals surface area (Å²) in [6.45, 7) is 3.27. The maximum Gasteiger partial charge on any atom is 0.123 e. The molecule has 0 saturated heterocycles. The Morgan fingerprint density at radius 3 is 2.25 bits per heavy atom. The van der Waals surface area contributed by atoms with Gasteiger partial charge in [0.15, 0.2) is 0 Å². The number of hydrogen-bond acceptors (Lipinski definition) is 3. The van der Waals surface area contributed by atoms with Gasteiger partial charge in [-0.15, -0.1) is 0 Å². The molecule has 0 radical (unpaired) electrons. The van der Waals surface area contributed by atoms with Crippen molar-refractivity contribution in [2.45, 2.75) is 18.9 Å². The number of nitrogens with one attached hydrogen (secondary N) is 1. The molecule has 0 aromatic heterocycles. The Balaban J connectivity index is 2.35. The second kappa shape index (κ2) is 9.06. The van der Waals surface area contributed by atoms with Crippen LogP contribution in [0.4, 0.5) is 4.39 Å². The first-order valence-electron chi connectivity index (χ1n) is 7.29. The summed E-state index contributed by atoms with van der Waals surface area (Å²) in [6, 6.07) is 7.07. The summed E-state index contributed by atoms with van der Waals surface area (Å²) in [4.78, 5) is 4.57. The van der Waals surface area contributed by atoms with E-state index in [1.165, 1.54) is 18.6 Å². The quantitative estimate of drug-likeness (QED) is 0.749. The van der Waals surface area contributed by atoms with E-state index in [2.05, 4.69) is 36.3 Å². The van der Waals surface area contributed by atoms with E-state index in [-0.39, 0.29) is 11.9 Å². The van der Waals surface area contributed by atoms with Crippen LogP contribution in [-0.2, 0) is 0 Å². The third-order valence-corrected chi connectivity index (χ3v) is 3.57. The van der Waals surface area contributed by atoms with Crippen molar-refractivity contribution < 1.29 is 4.39 Å². The number of halogens is 1. The number of benzene rings is 1. The zero-order valence-electron chi connectivity index (χ0n) is 13.2. The molecule has 0 spiro atoms. The van der Waals surface area contributed by atoms with Crippen LogP contribution in [0.5, 0.6) is 0 Å². The first kappa shape index (κ1) is 17.1. The van der Waals surface area contributed by atoms with Crippen molar-refractivity contribution in [1.82, 2.24) is 15.1 Å². The molecule has 0 heterocycles. The van der Waals surface area contributed by atoms with Gasteiger partial charge in [-0.05, 0) is 78.4 Å². The Morgan fingerprint density at radius 2 is 1.70 bits per heavy atom. The number of nitrogens with zero attached hydrogens (tertiary/aromatic N) is 2. The third kappa shape index (κ3) is 6.46. The maximum atomic E-state index is 12.9. The monoisotopic (exact) mass is 281 g/mol. The molecule has 4 heteroatoms. The van der Waals surface area contributed by atoms with Gasteiger partial charge in [-0.2, -0.15) is 0 Å². The van der Waals surface area contributed by atoms with Gasteiger partial charge in [0.25, 0.3) is 0 Å². The summed E-state index contributed by atoms with van der Waals surface area (Å²) in [6.07, 6.45) is 2.21. The molecule has 3 nitrogen and oxygen atoms in total. The molecule has 0 amide bonds. The largest absolute Gasteiger partial charge is 0.313 e. The molecular weight excluding hydrogens is 253 g/mol. The van der Waals surface area contributed by atoms with Gasteiger partial charge in [0.2, 0.25) is 0 Å². The predicted octanol–water partition coefficient (Wildman–Crippen LogP) is 2.36. The molecule has 0 saturated carbocycles. The molecule has 1 atom stereocenters. The highest BCUT2D eigenvalue weighted by atomic mass is 19.1. The van der Waals surface area contributed by atoms with Gasteiger partial charge in [-0.25, -0.2) is 4.39 Å². The van der Waals surface area contributed by atoms with Crippen molar-refractivity contribution >= 4 is 0 Å². The van der Waals surface area contributed by atoms with Gasteiger partial charge in [0.05, 0.1) is 0 Å². The highest BCUT2D eigenvalue weighted by molar-refractivity contribution is 5.19. The molecule has 1 unspecified atom stereocenters. The molecule has 1 rings (SSSR count). The van der Waals surface area contributed by atoms with E-state index in [1.54, 1.807) is 0 Å². The minimum atomic E-state index is -0.176. The average Bonchev–Trinajstić information content (AvgIpc) is 2.41. The topological polar surface area (TPSA) is 18.5 Å². The van der Waals surface area contributed by atoms with E-state index in [1.807, 2.05) is 19.2 Å². The van der Waals surface area contributed by atoms with Gasteiger partial charge >= 0.3 is 0 Å². The lowest BCUT2D eigenvalue weighted by molar-refractivity contribution is 0.286. The summed E-state index contributed by atoms with van der Waals surface area (Å²) in [5, 5.41) is 3.31. The van der Waals surface area contributed by atoms with Crippen LogP contribution in [-0.4, -0.2) is 57.6 Å². The SMILES string of the molecule is CNC(CCN(C)CCCN(C)C)c1ccc(F)cc1. The molecule has 0 fully saturated rings. The first-order valence-corrected chi connectivity index (χ1v) is 7.29. The zero-order chi connectivity index (χ0) is 15.0. The minimum Gasteiger partial charge on any atom is -0.313 e. The molecule has 0 aliphatic heterocycles. The van der Waals surface area contributed by atoms with Crippen LogP contribution < -0.4 is 5.32 Å². The van der Waals surface area contributed by atoms with Crippen molar-refractivity contribution in [3.63, 3.8) is 0 Å². The Bertz CT molecular complexity index is 364. The van der Waals surface area contributed by atoms with Crippen LogP contribution in [0.1, 0.15) is 24.4 Å². The first-order chi connectivity index (χ1) is 9.52. The van der Waals surface area contributed by atoms with Crippen LogP contribution in [0, 0.1) is 5.82 Å². The molecule has 0 aliphatic rings. The molecule has 0 aliphatic carbocycles. The highest BCUT2D eigenvalue weighted by Gasteiger charge is 2.10. The van der Waals surface area contributed by atoms with Crippen LogP contribution in [0.25, 0.3) is 0 Å². The summed E-state index contributed by atoms with van der Waals surface area (Å²) < 4.78 is 12.9. The van der Waals surface area contributed by atoms with Crippen LogP contribution in [0.3, 0.4) is 0 Å². The lowest BCUT2D eigenvalue weighted by Crippen LogP contribution is -2.28. The molecule has 1 N–H and O–H groups in total. The van der Waals surface area contributed by atoms with Gasteiger partial charge in [-0.3, -0.25) is 0 Å². The van der Waals surface area contributed by atoms with Crippen molar-refractivity contribution in [1.29, 1.82) is 0 Å². The van der Waals surface area contributed by atoms with Crippen molar-refractivity contribution in [3.05, 3.63) is 35.6 Å². The minimum absolute atomic E-state index is 0.176. The van der Waals surface area contributed by atoms with E-state index in [4.69, 9.17) is 0 Å². The zero-order valence-corrected chi connectivity index (χ0v) is 13.2. The van der Waals surface area contributed by atoms with Crippen LogP contribution >= 0.6 is 0 Å². The standard InChI is InChI=1S/C16H28FN3/c1-18-16(14-6-8-15(17)9-7-14)10-13-20(4)12-5-11-19(2)3/h6-9,16,18H,5,10-13H2,1-4H3. The number of hydrogen-bond donors (Lipinski definition) is 1. The molecule has 114 valence electrons. The molecular formula is C16H28FN3. The highest BCUT2D eigenvalue weighted by Crippen LogP contribution is 2.17. The van der Waals surface area contributed by atoms with Crippen molar-refractivity contribution in [3.8, 4) is 0 Å². The summed E-state index contributed by atoms with van der Waals surface area (Å²) >= 11 is 0. The van der Waals surface area contributed by atoms with E-state index < -0.39 is 0 Å². The Kier molecular flexibility index (Phi) is 7.73. The Hall–Kier alpha value is -0.970. The summed E-state index contributed by atoms with van der Waals surface area (Å²) in [7, 11) is 8.32. The van der Waals surface area contributed by atoms with E-state index >= 15 is 0 Å². The van der Waals surface area contributed by atoms with E-state index in [0.717, 1.165) is 31.6 Å². The summed E-state index contributed by atoms with van der Waals surface area (Å²) in [5.41, 5.74) is 1.15. The van der Waals surface area contributed by atoms with E-state index in [0.29, 0.717) is 0 Å². The molecule has 1 aromatic rings. The Labute approximate surface area is 122 Å². The van der Waals surface area contributed by atoms with Gasteiger partial charge in [-0.1, -0.05) is 12.1 Å². The molecule has 1 aromatic carbocycles. The van der Waals surface area contributed by atoms with Crippen molar-refractivity contribution in [2.24, 2.45) is 0 Å².